The molecule has 12 heteroatoms. The Kier molecular flexibility index (Phi) is 6.41. The molecule has 0 bridgehead atoms. The van der Waals surface area contributed by atoms with Crippen LogP contribution in [0.1, 0.15) is 49.0 Å². The first-order valence-electron chi connectivity index (χ1n) is 12.3. The van der Waals surface area contributed by atoms with E-state index in [4.69, 9.17) is 11.6 Å². The Balaban J connectivity index is 1.48. The van der Waals surface area contributed by atoms with Crippen LogP contribution in [0.2, 0.25) is 5.02 Å². The van der Waals surface area contributed by atoms with E-state index < -0.39 is 46.8 Å². The van der Waals surface area contributed by atoms with Gasteiger partial charge in [-0.3, -0.25) is 14.6 Å². The number of carbonyl (C=O) groups is 2. The van der Waals surface area contributed by atoms with Crippen molar-refractivity contribution in [1.29, 1.82) is 0 Å². The zero-order chi connectivity index (χ0) is 29.1. The van der Waals surface area contributed by atoms with E-state index in [0.29, 0.717) is 36.4 Å². The maximum Gasteiger partial charge on any atom is 0.416 e. The lowest BCUT2D eigenvalue weighted by atomic mass is 9.92. The van der Waals surface area contributed by atoms with Gasteiger partial charge in [0.1, 0.15) is 17.5 Å². The lowest BCUT2D eigenvalue weighted by Gasteiger charge is -2.21. The number of hydrogen-bond acceptors (Lipinski definition) is 4. The fourth-order valence-corrected chi connectivity index (χ4v) is 5.28. The Bertz CT molecular complexity index is 1730. The highest BCUT2D eigenvalue weighted by Gasteiger charge is 2.36. The maximum atomic E-state index is 14.2. The molecule has 3 heterocycles. The summed E-state index contributed by atoms with van der Waals surface area (Å²) < 4.78 is 68.2. The van der Waals surface area contributed by atoms with E-state index in [9.17, 15) is 31.5 Å². The third-order valence-electron chi connectivity index (χ3n) is 6.94. The number of hydrogen-bond donors (Lipinski definition) is 2. The molecule has 0 saturated carbocycles. The number of amidine groups is 1. The number of benzene rings is 3. The number of nitrogens with zero attached hydrogens (tertiary/aromatic N) is 2. The minimum atomic E-state index is -4.88. The predicted molar refractivity (Wildman–Crippen MR) is 143 cm³/mol. The Labute approximate surface area is 234 Å². The van der Waals surface area contributed by atoms with Crippen LogP contribution in [0.3, 0.4) is 0 Å². The van der Waals surface area contributed by atoms with Gasteiger partial charge in [0.2, 0.25) is 0 Å². The first-order valence-corrected chi connectivity index (χ1v) is 12.7. The van der Waals surface area contributed by atoms with Crippen molar-refractivity contribution < 1.29 is 31.5 Å². The average molecular weight is 585 g/mol. The first kappa shape index (κ1) is 26.7. The predicted octanol–water partition coefficient (Wildman–Crippen LogP) is 6.35. The molecule has 3 aliphatic rings. The molecular formula is C29H18ClF5N4O2. The number of alkyl halides is 3. The summed E-state index contributed by atoms with van der Waals surface area (Å²) in [6.45, 7) is 1.26. The van der Waals surface area contributed by atoms with Crippen LogP contribution in [0.4, 0.5) is 27.6 Å². The van der Waals surface area contributed by atoms with Gasteiger partial charge in [-0.1, -0.05) is 11.6 Å². The van der Waals surface area contributed by atoms with Gasteiger partial charge < -0.3 is 15.5 Å². The molecule has 1 atom stereocenters. The normalized spacial score (nSPS) is 17.6. The highest BCUT2D eigenvalue weighted by molar-refractivity contribution is 6.31. The molecule has 3 aromatic carbocycles. The smallest absolute Gasteiger partial charge is 0.341 e. The van der Waals surface area contributed by atoms with Gasteiger partial charge in [-0.05, 0) is 71.8 Å². The third-order valence-corrected chi connectivity index (χ3v) is 7.29. The Hall–Kier alpha value is -4.51. The molecule has 0 radical (unpaired) electrons. The van der Waals surface area contributed by atoms with E-state index in [2.05, 4.69) is 15.6 Å². The van der Waals surface area contributed by atoms with Crippen LogP contribution < -0.4 is 10.6 Å². The second kappa shape index (κ2) is 9.84. The van der Waals surface area contributed by atoms with Gasteiger partial charge in [0.15, 0.2) is 0 Å². The van der Waals surface area contributed by atoms with Crippen LogP contribution in [-0.2, 0) is 6.18 Å². The molecule has 3 aromatic rings. The first-order chi connectivity index (χ1) is 19.5. The van der Waals surface area contributed by atoms with Crippen LogP contribution in [0, 0.1) is 11.6 Å². The van der Waals surface area contributed by atoms with Gasteiger partial charge in [0.05, 0.1) is 18.2 Å². The molecule has 0 saturated heterocycles. The van der Waals surface area contributed by atoms with Gasteiger partial charge in [0, 0.05) is 45.7 Å². The quantitative estimate of drug-likeness (QED) is 0.351. The van der Waals surface area contributed by atoms with Crippen molar-refractivity contribution in [3.63, 3.8) is 0 Å². The lowest BCUT2D eigenvalue weighted by Crippen LogP contribution is -2.22. The topological polar surface area (TPSA) is 73.8 Å². The number of fused-ring (bicyclic) bond motifs is 2. The molecule has 2 N–H and O–H groups in total. The maximum absolute atomic E-state index is 14.2. The number of allylic oxidation sites excluding steroid dienone is 2. The molecule has 41 heavy (non-hydrogen) atoms. The molecule has 3 aliphatic heterocycles. The van der Waals surface area contributed by atoms with Crippen molar-refractivity contribution in [1.82, 2.24) is 10.2 Å². The molecule has 0 aromatic heterocycles. The minimum Gasteiger partial charge on any atom is -0.341 e. The van der Waals surface area contributed by atoms with Gasteiger partial charge in [-0.25, -0.2) is 8.78 Å². The van der Waals surface area contributed by atoms with E-state index in [1.54, 1.807) is 24.3 Å². The van der Waals surface area contributed by atoms with Gasteiger partial charge in [0.25, 0.3) is 11.8 Å². The summed E-state index contributed by atoms with van der Waals surface area (Å²) in [5.74, 6) is -2.66. The summed E-state index contributed by atoms with van der Waals surface area (Å²) in [5.41, 5.74) is -0.0791. The molecular weight excluding hydrogens is 567 g/mol. The number of carbonyl (C=O) groups excluding carboxylic acids is 2. The Morgan fingerprint density at radius 1 is 1.05 bits per heavy atom. The second-order valence-corrected chi connectivity index (χ2v) is 10.00. The number of anilines is 1. The summed E-state index contributed by atoms with van der Waals surface area (Å²) in [6, 6.07) is 7.28. The molecule has 0 aliphatic carbocycles. The van der Waals surface area contributed by atoms with Crippen molar-refractivity contribution in [2.45, 2.75) is 12.2 Å². The number of rotatable bonds is 4. The van der Waals surface area contributed by atoms with Crippen molar-refractivity contribution in [3.8, 4) is 0 Å². The summed E-state index contributed by atoms with van der Waals surface area (Å²) >= 11 is 6.34. The third kappa shape index (κ3) is 4.97. The average Bonchev–Trinajstić information content (AvgIpc) is 3.53. The Morgan fingerprint density at radius 3 is 2.63 bits per heavy atom. The minimum absolute atomic E-state index is 0.0548. The monoisotopic (exact) mass is 584 g/mol. The molecule has 0 spiro atoms. The summed E-state index contributed by atoms with van der Waals surface area (Å²) in [4.78, 5) is 32.7. The van der Waals surface area contributed by atoms with Crippen LogP contribution in [0.25, 0.3) is 5.57 Å². The summed E-state index contributed by atoms with van der Waals surface area (Å²) in [5, 5.41) is 5.44. The van der Waals surface area contributed by atoms with E-state index in [1.807, 2.05) is 11.1 Å². The van der Waals surface area contributed by atoms with Crippen molar-refractivity contribution in [2.75, 3.05) is 18.4 Å². The fourth-order valence-electron chi connectivity index (χ4n) is 5.05. The van der Waals surface area contributed by atoms with Gasteiger partial charge in [-0.2, -0.15) is 13.2 Å². The molecule has 6 nitrogen and oxygen atoms in total. The molecule has 208 valence electrons. The van der Waals surface area contributed by atoms with Crippen molar-refractivity contribution in [3.05, 3.63) is 117 Å². The van der Waals surface area contributed by atoms with Crippen LogP contribution in [0.5, 0.6) is 0 Å². The van der Waals surface area contributed by atoms with Gasteiger partial charge >= 0.3 is 6.18 Å². The van der Waals surface area contributed by atoms with Crippen LogP contribution >= 0.6 is 11.6 Å². The highest BCUT2D eigenvalue weighted by atomic mass is 35.5. The van der Waals surface area contributed by atoms with Crippen molar-refractivity contribution >= 4 is 40.5 Å². The molecule has 2 amide bonds. The van der Waals surface area contributed by atoms with E-state index >= 15 is 0 Å². The fraction of sp³-hybridized carbons (Fsp3) is 0.138. The zero-order valence-electron chi connectivity index (χ0n) is 20.8. The number of amides is 2. The van der Waals surface area contributed by atoms with Crippen molar-refractivity contribution in [2.24, 2.45) is 4.99 Å². The van der Waals surface area contributed by atoms with Crippen LogP contribution in [-0.4, -0.2) is 35.6 Å². The molecule has 0 fully saturated rings. The molecule has 0 unspecified atom stereocenters. The SMILES string of the molecule is O=C(Nc1cc(C2=CN3CCN=C3C=C2)cc2c1[C@@H](c1cc(F)ccc1Cl)NC2=O)c1cc(F)cc(C(F)(F)F)c1. The summed E-state index contributed by atoms with van der Waals surface area (Å²) in [6.07, 6.45) is 0.527. The number of halogens is 6. The number of aliphatic imine (C=N–C) groups is 1. The second-order valence-electron chi connectivity index (χ2n) is 9.59. The van der Waals surface area contributed by atoms with Gasteiger partial charge in [-0.15, -0.1) is 0 Å². The highest BCUT2D eigenvalue weighted by Crippen LogP contribution is 2.42. The van der Waals surface area contributed by atoms with E-state index in [-0.39, 0.29) is 33.5 Å². The Morgan fingerprint density at radius 2 is 1.85 bits per heavy atom. The van der Waals surface area contributed by atoms with E-state index in [0.717, 1.165) is 18.0 Å². The summed E-state index contributed by atoms with van der Waals surface area (Å²) in [7, 11) is 0. The standard InChI is InChI=1S/C29H18ClF5N4O2/c30-22-3-2-18(31)12-20(22)26-25-21(28(41)38-26)9-15(14-1-4-24-36-5-6-39(24)13-14)10-23(25)37-27(40)16-7-17(29(33,34)35)11-19(32)8-16/h1-4,7-13,26H,5-6H2,(H,37,40)(H,38,41)/t26-/m1/s1. The van der Waals surface area contributed by atoms with Crippen LogP contribution in [0.15, 0.2) is 71.9 Å². The number of nitrogens with one attached hydrogen (secondary N) is 2. The largest absolute Gasteiger partial charge is 0.416 e. The van der Waals surface area contributed by atoms with E-state index in [1.165, 1.54) is 6.07 Å². The molecule has 6 rings (SSSR count). The zero-order valence-corrected chi connectivity index (χ0v) is 21.6. The lowest BCUT2D eigenvalue weighted by molar-refractivity contribution is -0.137.